The van der Waals surface area contributed by atoms with E-state index in [-0.39, 0.29) is 18.8 Å². The van der Waals surface area contributed by atoms with E-state index in [0.29, 0.717) is 0 Å². The first-order valence-corrected chi connectivity index (χ1v) is 6.66. The Morgan fingerprint density at radius 2 is 1.85 bits per heavy atom. The number of benzene rings is 2. The van der Waals surface area contributed by atoms with Crippen LogP contribution in [0.15, 0.2) is 46.9 Å². The van der Waals surface area contributed by atoms with Gasteiger partial charge in [-0.25, -0.2) is 8.78 Å². The van der Waals surface area contributed by atoms with Gasteiger partial charge < -0.3 is 4.74 Å². The molecule has 0 radical (unpaired) electrons. The molecule has 0 fully saturated rings. The van der Waals surface area contributed by atoms with E-state index in [1.54, 1.807) is 0 Å². The van der Waals surface area contributed by atoms with Gasteiger partial charge in [-0.1, -0.05) is 34.1 Å². The van der Waals surface area contributed by atoms with E-state index in [1.807, 2.05) is 24.3 Å². The number of hydrogen-bond acceptors (Lipinski definition) is 2. The lowest BCUT2D eigenvalue weighted by atomic mass is 10.1. The van der Waals surface area contributed by atoms with Crippen molar-refractivity contribution in [2.24, 2.45) is 0 Å². The first-order valence-electron chi connectivity index (χ1n) is 5.87. The average Bonchev–Trinajstić information content (AvgIpc) is 2.44. The molecule has 0 unspecified atom stereocenters. The largest absolute Gasteiger partial charge is 0.369 e. The summed E-state index contributed by atoms with van der Waals surface area (Å²) in [7, 11) is 0. The molecule has 104 valence electrons. The molecule has 2 rings (SSSR count). The van der Waals surface area contributed by atoms with Gasteiger partial charge in [0.1, 0.15) is 6.61 Å². The second-order valence-electron chi connectivity index (χ2n) is 4.14. The second-order valence-corrected chi connectivity index (χ2v) is 4.99. The lowest BCUT2D eigenvalue weighted by molar-refractivity contribution is 0.0725. The molecule has 2 aromatic rings. The van der Waals surface area contributed by atoms with Crippen LogP contribution >= 0.6 is 15.9 Å². The third-order valence-corrected chi connectivity index (χ3v) is 3.46. The number of Topliss-reactive ketones (excluding diaryl/α,β-unsaturated/α-hetero) is 1. The van der Waals surface area contributed by atoms with Gasteiger partial charge in [0, 0.05) is 10.0 Å². The molecular formula is C15H11BrF2O2. The summed E-state index contributed by atoms with van der Waals surface area (Å²) in [6.45, 7) is 0.0727. The summed E-state index contributed by atoms with van der Waals surface area (Å²) < 4.78 is 31.9. The van der Waals surface area contributed by atoms with Gasteiger partial charge in [-0.05, 0) is 29.8 Å². The Morgan fingerprint density at radius 1 is 1.10 bits per heavy atom. The summed E-state index contributed by atoms with van der Waals surface area (Å²) in [5, 5.41) is 0. The van der Waals surface area contributed by atoms with Crippen LogP contribution in [0.5, 0.6) is 0 Å². The predicted octanol–water partition coefficient (Wildman–Crippen LogP) is 4.13. The van der Waals surface area contributed by atoms with Crippen LogP contribution in [0.1, 0.15) is 15.9 Å². The van der Waals surface area contributed by atoms with Crippen LogP contribution in [-0.4, -0.2) is 12.4 Å². The maximum Gasteiger partial charge on any atom is 0.188 e. The Balaban J connectivity index is 1.92. The quantitative estimate of drug-likeness (QED) is 0.765. The third kappa shape index (κ3) is 3.71. The Morgan fingerprint density at radius 3 is 2.55 bits per heavy atom. The lowest BCUT2D eigenvalue weighted by Crippen LogP contribution is -2.10. The molecule has 0 atom stereocenters. The number of ketones is 1. The molecule has 0 spiro atoms. The fourth-order valence-electron chi connectivity index (χ4n) is 1.62. The number of carbonyl (C=O) groups excluding carboxylic acids is 1. The number of carbonyl (C=O) groups is 1. The zero-order valence-electron chi connectivity index (χ0n) is 10.4. The SMILES string of the molecule is O=C(COCc1ccccc1Br)c1ccc(F)c(F)c1. The monoisotopic (exact) mass is 340 g/mol. The molecule has 0 aliphatic rings. The maximum atomic E-state index is 13.0. The molecule has 5 heteroatoms. The van der Waals surface area contributed by atoms with Crippen molar-refractivity contribution in [2.45, 2.75) is 6.61 Å². The van der Waals surface area contributed by atoms with Crippen molar-refractivity contribution in [1.29, 1.82) is 0 Å². The summed E-state index contributed by atoms with van der Waals surface area (Å²) >= 11 is 3.37. The molecular weight excluding hydrogens is 330 g/mol. The van der Waals surface area contributed by atoms with Crippen molar-refractivity contribution >= 4 is 21.7 Å². The normalized spacial score (nSPS) is 10.6. The molecule has 0 bridgehead atoms. The zero-order valence-corrected chi connectivity index (χ0v) is 12.0. The van der Waals surface area contributed by atoms with Crippen molar-refractivity contribution in [2.75, 3.05) is 6.61 Å². The minimum absolute atomic E-state index is 0.0935. The van der Waals surface area contributed by atoms with Gasteiger partial charge >= 0.3 is 0 Å². The third-order valence-electron chi connectivity index (χ3n) is 2.69. The molecule has 0 saturated heterocycles. The smallest absolute Gasteiger partial charge is 0.188 e. The van der Waals surface area contributed by atoms with Crippen LogP contribution in [0.25, 0.3) is 0 Å². The van der Waals surface area contributed by atoms with Gasteiger partial charge in [-0.3, -0.25) is 4.79 Å². The van der Waals surface area contributed by atoms with E-state index in [2.05, 4.69) is 15.9 Å². The van der Waals surface area contributed by atoms with Gasteiger partial charge in [0.15, 0.2) is 17.4 Å². The van der Waals surface area contributed by atoms with Crippen LogP contribution in [-0.2, 0) is 11.3 Å². The summed E-state index contributed by atoms with van der Waals surface area (Å²) in [6, 6.07) is 10.5. The molecule has 0 aliphatic carbocycles. The zero-order chi connectivity index (χ0) is 14.5. The molecule has 0 saturated carbocycles. The Kier molecular flexibility index (Phi) is 4.98. The first-order chi connectivity index (χ1) is 9.58. The summed E-state index contributed by atoms with van der Waals surface area (Å²) in [4.78, 5) is 11.8. The van der Waals surface area contributed by atoms with Crippen molar-refractivity contribution in [3.05, 3.63) is 69.7 Å². The van der Waals surface area contributed by atoms with Gasteiger partial charge in [0.05, 0.1) is 6.61 Å². The molecule has 0 N–H and O–H groups in total. The van der Waals surface area contributed by atoms with E-state index >= 15 is 0 Å². The van der Waals surface area contributed by atoms with Gasteiger partial charge in [0.25, 0.3) is 0 Å². The van der Waals surface area contributed by atoms with Gasteiger partial charge in [-0.2, -0.15) is 0 Å². The van der Waals surface area contributed by atoms with Crippen LogP contribution in [0.3, 0.4) is 0 Å². The summed E-state index contributed by atoms with van der Waals surface area (Å²) in [5.74, 6) is -2.41. The van der Waals surface area contributed by atoms with E-state index < -0.39 is 17.4 Å². The molecule has 0 aromatic heterocycles. The molecule has 0 amide bonds. The van der Waals surface area contributed by atoms with Crippen LogP contribution in [0, 0.1) is 11.6 Å². The second kappa shape index (κ2) is 6.72. The van der Waals surface area contributed by atoms with Crippen LogP contribution in [0.2, 0.25) is 0 Å². The number of halogens is 3. The van der Waals surface area contributed by atoms with Crippen molar-refractivity contribution in [3.8, 4) is 0 Å². The van der Waals surface area contributed by atoms with Crippen LogP contribution in [0.4, 0.5) is 8.78 Å². The van der Waals surface area contributed by atoms with E-state index in [1.165, 1.54) is 6.07 Å². The highest BCUT2D eigenvalue weighted by atomic mass is 79.9. The average molecular weight is 341 g/mol. The van der Waals surface area contributed by atoms with Crippen LogP contribution < -0.4 is 0 Å². The highest BCUT2D eigenvalue weighted by Crippen LogP contribution is 2.17. The molecule has 0 aliphatic heterocycles. The number of ether oxygens (including phenoxy) is 1. The van der Waals surface area contributed by atoms with E-state index in [4.69, 9.17) is 4.74 Å². The van der Waals surface area contributed by atoms with E-state index in [9.17, 15) is 13.6 Å². The number of hydrogen-bond donors (Lipinski definition) is 0. The number of rotatable bonds is 5. The Labute approximate surface area is 123 Å². The summed E-state index contributed by atoms with van der Waals surface area (Å²) in [6.07, 6.45) is 0. The minimum atomic E-state index is -1.04. The standard InChI is InChI=1S/C15H11BrF2O2/c16-12-4-2-1-3-11(12)8-20-9-15(19)10-5-6-13(17)14(18)7-10/h1-7H,8-9H2. The molecule has 2 aromatic carbocycles. The maximum absolute atomic E-state index is 13.0. The highest BCUT2D eigenvalue weighted by molar-refractivity contribution is 9.10. The molecule has 20 heavy (non-hydrogen) atoms. The van der Waals surface area contributed by atoms with Crippen molar-refractivity contribution in [1.82, 2.24) is 0 Å². The molecule has 0 heterocycles. The summed E-state index contributed by atoms with van der Waals surface area (Å²) in [5.41, 5.74) is 1.00. The minimum Gasteiger partial charge on any atom is -0.369 e. The first kappa shape index (κ1) is 14.8. The van der Waals surface area contributed by atoms with Gasteiger partial charge in [-0.15, -0.1) is 0 Å². The topological polar surface area (TPSA) is 26.3 Å². The lowest BCUT2D eigenvalue weighted by Gasteiger charge is -2.06. The fraction of sp³-hybridized carbons (Fsp3) is 0.133. The Hall–Kier alpha value is -1.59. The fourth-order valence-corrected chi connectivity index (χ4v) is 2.02. The van der Waals surface area contributed by atoms with Crippen molar-refractivity contribution in [3.63, 3.8) is 0 Å². The van der Waals surface area contributed by atoms with E-state index in [0.717, 1.165) is 22.2 Å². The van der Waals surface area contributed by atoms with Crippen molar-refractivity contribution < 1.29 is 18.3 Å². The highest BCUT2D eigenvalue weighted by Gasteiger charge is 2.10. The van der Waals surface area contributed by atoms with Gasteiger partial charge in [0.2, 0.25) is 0 Å². The molecule has 2 nitrogen and oxygen atoms in total. The predicted molar refractivity (Wildman–Crippen MR) is 74.5 cm³/mol. The Bertz CT molecular complexity index is 629.